The van der Waals surface area contributed by atoms with Gasteiger partial charge in [0.15, 0.2) is 0 Å². The zero-order valence-corrected chi connectivity index (χ0v) is 14.1. The third-order valence-electron chi connectivity index (χ3n) is 2.99. The number of anilines is 2. The molecular formula is C17H22N4O2. The second-order valence-corrected chi connectivity index (χ2v) is 6.32. The van der Waals surface area contributed by atoms with E-state index in [1.807, 2.05) is 45.9 Å². The number of aromatic nitrogens is 2. The van der Waals surface area contributed by atoms with Crippen molar-refractivity contribution in [2.75, 3.05) is 12.4 Å². The van der Waals surface area contributed by atoms with Crippen LogP contribution in [0, 0.1) is 6.92 Å². The van der Waals surface area contributed by atoms with Gasteiger partial charge in [0, 0.05) is 5.54 Å². The number of rotatable bonds is 4. The van der Waals surface area contributed by atoms with Crippen molar-refractivity contribution < 1.29 is 9.53 Å². The first-order chi connectivity index (χ1) is 10.8. The van der Waals surface area contributed by atoms with Gasteiger partial charge < -0.3 is 15.4 Å². The molecule has 2 aromatic rings. The van der Waals surface area contributed by atoms with Gasteiger partial charge in [-0.2, -0.15) is 0 Å². The highest BCUT2D eigenvalue weighted by molar-refractivity contribution is 5.92. The molecule has 1 aromatic carbocycles. The Hall–Kier alpha value is -2.63. The number of nitrogens with one attached hydrogen (secondary N) is 2. The van der Waals surface area contributed by atoms with E-state index in [-0.39, 0.29) is 17.1 Å². The maximum Gasteiger partial charge on any atom is 0.271 e. The standard InChI is InChI=1S/C17H22N4O2/c1-11-6-7-14(23-5)12(8-11)20-15-10-18-13(9-19-15)16(22)21-17(2,3)4/h6-10H,1-5H3,(H,19,20)(H,21,22). The summed E-state index contributed by atoms with van der Waals surface area (Å²) in [7, 11) is 1.61. The molecule has 6 heteroatoms. The molecule has 6 nitrogen and oxygen atoms in total. The van der Waals surface area contributed by atoms with Crippen molar-refractivity contribution in [3.8, 4) is 5.75 Å². The fourth-order valence-electron chi connectivity index (χ4n) is 1.97. The number of nitrogens with zero attached hydrogens (tertiary/aromatic N) is 2. The maximum atomic E-state index is 12.0. The van der Waals surface area contributed by atoms with Crippen LogP contribution in [0.2, 0.25) is 0 Å². The highest BCUT2D eigenvalue weighted by Gasteiger charge is 2.16. The van der Waals surface area contributed by atoms with Crippen LogP contribution >= 0.6 is 0 Å². The van der Waals surface area contributed by atoms with E-state index in [1.165, 1.54) is 12.4 Å². The fraction of sp³-hybridized carbons (Fsp3) is 0.353. The zero-order chi connectivity index (χ0) is 17.0. The van der Waals surface area contributed by atoms with Crippen molar-refractivity contribution in [2.24, 2.45) is 0 Å². The molecule has 0 aliphatic rings. The smallest absolute Gasteiger partial charge is 0.271 e. The average molecular weight is 314 g/mol. The van der Waals surface area contributed by atoms with Crippen molar-refractivity contribution in [2.45, 2.75) is 33.2 Å². The molecule has 0 bridgehead atoms. The summed E-state index contributed by atoms with van der Waals surface area (Å²) in [5, 5.41) is 6.00. The largest absolute Gasteiger partial charge is 0.495 e. The molecule has 2 rings (SSSR count). The summed E-state index contributed by atoms with van der Waals surface area (Å²) in [6.45, 7) is 7.74. The van der Waals surface area contributed by atoms with E-state index >= 15 is 0 Å². The minimum Gasteiger partial charge on any atom is -0.495 e. The molecule has 0 aliphatic carbocycles. The molecule has 0 saturated carbocycles. The van der Waals surface area contributed by atoms with Crippen LogP contribution in [0.5, 0.6) is 5.75 Å². The van der Waals surface area contributed by atoms with Gasteiger partial charge in [-0.25, -0.2) is 9.97 Å². The van der Waals surface area contributed by atoms with Crippen molar-refractivity contribution in [3.05, 3.63) is 41.9 Å². The second-order valence-electron chi connectivity index (χ2n) is 6.32. The number of benzene rings is 1. The van der Waals surface area contributed by atoms with Crippen molar-refractivity contribution >= 4 is 17.4 Å². The first-order valence-electron chi connectivity index (χ1n) is 7.35. The van der Waals surface area contributed by atoms with Crippen molar-refractivity contribution in [1.82, 2.24) is 15.3 Å². The summed E-state index contributed by atoms with van der Waals surface area (Å²) >= 11 is 0. The second kappa shape index (κ2) is 6.64. The fourth-order valence-corrected chi connectivity index (χ4v) is 1.97. The lowest BCUT2D eigenvalue weighted by Crippen LogP contribution is -2.40. The minimum atomic E-state index is -0.315. The average Bonchev–Trinajstić information content (AvgIpc) is 2.46. The van der Waals surface area contributed by atoms with Gasteiger partial charge in [0.2, 0.25) is 0 Å². The molecule has 2 N–H and O–H groups in total. The molecule has 0 spiro atoms. The molecule has 0 radical (unpaired) electrons. The Bertz CT molecular complexity index is 691. The monoisotopic (exact) mass is 314 g/mol. The highest BCUT2D eigenvalue weighted by atomic mass is 16.5. The van der Waals surface area contributed by atoms with Crippen LogP contribution in [0.4, 0.5) is 11.5 Å². The van der Waals surface area contributed by atoms with Gasteiger partial charge in [0.05, 0.1) is 25.2 Å². The molecule has 122 valence electrons. The predicted octanol–water partition coefficient (Wildman–Crippen LogP) is 3.07. The summed E-state index contributed by atoms with van der Waals surface area (Å²) in [6, 6.07) is 5.81. The van der Waals surface area contributed by atoms with Gasteiger partial charge in [-0.1, -0.05) is 6.07 Å². The van der Waals surface area contributed by atoms with Crippen LogP contribution in [0.1, 0.15) is 36.8 Å². The van der Waals surface area contributed by atoms with Crippen LogP contribution < -0.4 is 15.4 Å². The molecular weight excluding hydrogens is 292 g/mol. The normalized spacial score (nSPS) is 11.0. The SMILES string of the molecule is COc1ccc(C)cc1Nc1cnc(C(=O)NC(C)(C)C)cn1. The van der Waals surface area contributed by atoms with Gasteiger partial charge in [-0.05, 0) is 45.4 Å². The summed E-state index contributed by atoms with van der Waals surface area (Å²) in [5.41, 5.74) is 1.86. The topological polar surface area (TPSA) is 76.1 Å². The highest BCUT2D eigenvalue weighted by Crippen LogP contribution is 2.27. The predicted molar refractivity (Wildman–Crippen MR) is 90.3 cm³/mol. The van der Waals surface area contributed by atoms with Crippen LogP contribution in [-0.2, 0) is 0 Å². The first kappa shape index (κ1) is 16.7. The number of amides is 1. The number of methoxy groups -OCH3 is 1. The van der Waals surface area contributed by atoms with Crippen LogP contribution in [0.25, 0.3) is 0 Å². The number of ether oxygens (including phenoxy) is 1. The lowest BCUT2D eigenvalue weighted by Gasteiger charge is -2.20. The third kappa shape index (κ3) is 4.67. The maximum absolute atomic E-state index is 12.0. The third-order valence-corrected chi connectivity index (χ3v) is 2.99. The van der Waals surface area contributed by atoms with Crippen LogP contribution in [-0.4, -0.2) is 28.5 Å². The van der Waals surface area contributed by atoms with E-state index in [4.69, 9.17) is 4.74 Å². The van der Waals surface area contributed by atoms with Gasteiger partial charge in [0.1, 0.15) is 17.3 Å². The number of hydrogen-bond acceptors (Lipinski definition) is 5. The van der Waals surface area contributed by atoms with E-state index in [1.54, 1.807) is 7.11 Å². The van der Waals surface area contributed by atoms with Gasteiger partial charge in [-0.15, -0.1) is 0 Å². The summed E-state index contributed by atoms with van der Waals surface area (Å²) in [5.74, 6) is 1.01. The Kier molecular flexibility index (Phi) is 4.83. The van der Waals surface area contributed by atoms with E-state index in [9.17, 15) is 4.79 Å². The van der Waals surface area contributed by atoms with Crippen LogP contribution in [0.15, 0.2) is 30.6 Å². The lowest BCUT2D eigenvalue weighted by atomic mass is 10.1. The number of carbonyl (C=O) groups excluding carboxylic acids is 1. The molecule has 23 heavy (non-hydrogen) atoms. The Balaban J connectivity index is 2.14. The molecule has 1 aromatic heterocycles. The van der Waals surface area contributed by atoms with E-state index in [0.29, 0.717) is 11.6 Å². The molecule has 1 heterocycles. The van der Waals surface area contributed by atoms with Crippen molar-refractivity contribution in [1.29, 1.82) is 0 Å². The summed E-state index contributed by atoms with van der Waals surface area (Å²) < 4.78 is 5.31. The molecule has 0 atom stereocenters. The number of hydrogen-bond donors (Lipinski definition) is 2. The van der Waals surface area contributed by atoms with Crippen molar-refractivity contribution in [3.63, 3.8) is 0 Å². The van der Waals surface area contributed by atoms with Gasteiger partial charge >= 0.3 is 0 Å². The minimum absolute atomic E-state index is 0.246. The van der Waals surface area contributed by atoms with E-state index in [0.717, 1.165) is 11.3 Å². The zero-order valence-electron chi connectivity index (χ0n) is 14.1. The van der Waals surface area contributed by atoms with E-state index in [2.05, 4.69) is 20.6 Å². The Morgan fingerprint density at radius 3 is 2.48 bits per heavy atom. The summed E-state index contributed by atoms with van der Waals surface area (Å²) in [6.07, 6.45) is 2.98. The quantitative estimate of drug-likeness (QED) is 0.907. The molecule has 0 unspecified atom stereocenters. The van der Waals surface area contributed by atoms with E-state index < -0.39 is 0 Å². The Morgan fingerprint density at radius 2 is 1.91 bits per heavy atom. The van der Waals surface area contributed by atoms with Gasteiger partial charge in [0.25, 0.3) is 5.91 Å². The number of carbonyl (C=O) groups is 1. The Morgan fingerprint density at radius 1 is 1.17 bits per heavy atom. The number of aryl methyl sites for hydroxylation is 1. The summed E-state index contributed by atoms with van der Waals surface area (Å²) in [4.78, 5) is 20.4. The van der Waals surface area contributed by atoms with Crippen LogP contribution in [0.3, 0.4) is 0 Å². The van der Waals surface area contributed by atoms with Gasteiger partial charge in [-0.3, -0.25) is 4.79 Å². The molecule has 0 aliphatic heterocycles. The molecule has 1 amide bonds. The molecule has 0 fully saturated rings. The Labute approximate surface area is 136 Å². The first-order valence-corrected chi connectivity index (χ1v) is 7.35. The molecule has 0 saturated heterocycles. The lowest BCUT2D eigenvalue weighted by molar-refractivity contribution is 0.0914.